The van der Waals surface area contributed by atoms with E-state index in [4.69, 9.17) is 10.8 Å². The maximum absolute atomic E-state index is 7.02. The Balaban J connectivity index is 0. The molecule has 0 bridgehead atoms. The van der Waals surface area contributed by atoms with Crippen LogP contribution in [0.4, 0.5) is 0 Å². The first-order chi connectivity index (χ1) is 4.22. The van der Waals surface area contributed by atoms with Crippen LogP contribution in [0, 0.1) is 10.8 Å². The molecule has 0 saturated heterocycles. The molecule has 5 heteroatoms. The van der Waals surface area contributed by atoms with Crippen molar-refractivity contribution >= 4 is 24.0 Å². The summed E-state index contributed by atoms with van der Waals surface area (Å²) in [7, 11) is 2.82. The van der Waals surface area contributed by atoms with Crippen LogP contribution in [0.2, 0.25) is 0 Å². The lowest BCUT2D eigenvalue weighted by molar-refractivity contribution is 0.244. The Morgan fingerprint density at radius 1 is 1.30 bits per heavy atom. The quantitative estimate of drug-likeness (QED) is 0.479. The largest absolute Gasteiger partial charge is 0.480 e. The fourth-order valence-electron chi connectivity index (χ4n) is 0.333. The third-order valence-electron chi connectivity index (χ3n) is 0.767. The van der Waals surface area contributed by atoms with Gasteiger partial charge in [0.05, 0.1) is 13.7 Å². The molecule has 0 aromatic rings. The summed E-state index contributed by atoms with van der Waals surface area (Å²) < 4.78 is 9.02. The van der Waals surface area contributed by atoms with Crippen molar-refractivity contribution in [3.05, 3.63) is 0 Å². The van der Waals surface area contributed by atoms with Gasteiger partial charge in [0.15, 0.2) is 0 Å². The van der Waals surface area contributed by atoms with E-state index in [1.165, 1.54) is 14.2 Å². The van der Waals surface area contributed by atoms with E-state index in [1.54, 1.807) is 0 Å². The van der Waals surface area contributed by atoms with Crippen molar-refractivity contribution in [1.29, 1.82) is 10.8 Å². The van der Waals surface area contributed by atoms with E-state index < -0.39 is 0 Å². The molecule has 0 saturated carbocycles. The second-order valence-corrected chi connectivity index (χ2v) is 1.44. The van der Waals surface area contributed by atoms with Crippen molar-refractivity contribution in [2.24, 2.45) is 0 Å². The first-order valence-corrected chi connectivity index (χ1v) is 2.41. The summed E-state index contributed by atoms with van der Waals surface area (Å²) in [4.78, 5) is 0. The third kappa shape index (κ3) is 4.29. The Morgan fingerprint density at radius 3 is 2.10 bits per heavy atom. The molecule has 0 aliphatic carbocycles. The van der Waals surface area contributed by atoms with Gasteiger partial charge in [-0.1, -0.05) is 0 Å². The summed E-state index contributed by atoms with van der Waals surface area (Å²) in [5.41, 5.74) is 0.0556. The highest BCUT2D eigenvalue weighted by atomic mass is 35.5. The second kappa shape index (κ2) is 6.51. The Kier molecular flexibility index (Phi) is 7.88. The van der Waals surface area contributed by atoms with Gasteiger partial charge in [-0.2, -0.15) is 0 Å². The van der Waals surface area contributed by atoms with Crippen LogP contribution < -0.4 is 0 Å². The van der Waals surface area contributed by atoms with Crippen LogP contribution in [0.1, 0.15) is 0 Å². The van der Waals surface area contributed by atoms with Gasteiger partial charge in [-0.05, 0) is 0 Å². The van der Waals surface area contributed by atoms with Crippen LogP contribution in [0.3, 0.4) is 0 Å². The molecule has 0 rings (SSSR count). The molecule has 0 atom stereocenters. The molecule has 0 spiro atoms. The summed E-state index contributed by atoms with van der Waals surface area (Å²) in [6, 6.07) is 0. The van der Waals surface area contributed by atoms with Gasteiger partial charge in [-0.25, -0.2) is 0 Å². The molecule has 0 aliphatic heterocycles. The third-order valence-corrected chi connectivity index (χ3v) is 0.767. The number of ether oxygens (including phenoxy) is 2. The average Bonchev–Trinajstić information content (AvgIpc) is 1.87. The molecule has 10 heavy (non-hydrogen) atoms. The first kappa shape index (κ1) is 12.1. The minimum absolute atomic E-state index is 0. The Bertz CT molecular complexity index is 127. The van der Waals surface area contributed by atoms with Gasteiger partial charge in [0, 0.05) is 7.11 Å². The fourth-order valence-corrected chi connectivity index (χ4v) is 0.333. The molecule has 0 aromatic carbocycles. The van der Waals surface area contributed by atoms with Crippen molar-refractivity contribution in [1.82, 2.24) is 0 Å². The topological polar surface area (TPSA) is 66.2 Å². The second-order valence-electron chi connectivity index (χ2n) is 1.44. The van der Waals surface area contributed by atoms with Crippen LogP contribution in [-0.4, -0.2) is 32.4 Å². The average molecular weight is 167 g/mol. The summed E-state index contributed by atoms with van der Waals surface area (Å²) in [5, 5.41) is 13.9. The molecule has 60 valence electrons. The summed E-state index contributed by atoms with van der Waals surface area (Å²) in [5.74, 6) is -0.142. The number of methoxy groups -OCH3 is 2. The predicted molar refractivity (Wildman–Crippen MR) is 41.6 cm³/mol. The maximum atomic E-state index is 7.02. The van der Waals surface area contributed by atoms with Gasteiger partial charge in [0.2, 0.25) is 5.90 Å². The standard InChI is InChI=1S/C5H10N2O2.ClH/c1-8-3-4(6)5(7)9-2;/h6-7H,3H2,1-2H3;1H. The molecule has 0 fully saturated rings. The highest BCUT2D eigenvalue weighted by Gasteiger charge is 2.01. The SMILES string of the molecule is COCC(=N)C(=N)OC.Cl. The Morgan fingerprint density at radius 2 is 1.80 bits per heavy atom. The minimum Gasteiger partial charge on any atom is -0.480 e. The van der Waals surface area contributed by atoms with Crippen LogP contribution in [0.15, 0.2) is 0 Å². The molecule has 0 amide bonds. The zero-order valence-corrected chi connectivity index (χ0v) is 6.75. The molecule has 2 N–H and O–H groups in total. The Labute approximate surface area is 65.9 Å². The van der Waals surface area contributed by atoms with Crippen molar-refractivity contribution in [2.45, 2.75) is 0 Å². The highest BCUT2D eigenvalue weighted by molar-refractivity contribution is 6.36. The molecule has 4 nitrogen and oxygen atoms in total. The van der Waals surface area contributed by atoms with Crippen molar-refractivity contribution in [2.75, 3.05) is 20.8 Å². The first-order valence-electron chi connectivity index (χ1n) is 2.41. The Hall–Kier alpha value is -0.610. The van der Waals surface area contributed by atoms with Crippen LogP contribution in [-0.2, 0) is 9.47 Å². The zero-order valence-electron chi connectivity index (χ0n) is 5.93. The van der Waals surface area contributed by atoms with Crippen molar-refractivity contribution < 1.29 is 9.47 Å². The molecule has 0 unspecified atom stereocenters. The lowest BCUT2D eigenvalue weighted by Gasteiger charge is -2.00. The van der Waals surface area contributed by atoms with Gasteiger partial charge in [0.1, 0.15) is 5.71 Å². The van der Waals surface area contributed by atoms with Crippen LogP contribution in [0.5, 0.6) is 0 Å². The summed E-state index contributed by atoms with van der Waals surface area (Å²) in [6.07, 6.45) is 0. The lowest BCUT2D eigenvalue weighted by atomic mass is 10.4. The number of nitrogens with one attached hydrogen (secondary N) is 2. The van der Waals surface area contributed by atoms with Crippen molar-refractivity contribution in [3.63, 3.8) is 0 Å². The fraction of sp³-hybridized carbons (Fsp3) is 0.600. The smallest absolute Gasteiger partial charge is 0.229 e. The number of hydrogen-bond donors (Lipinski definition) is 2. The maximum Gasteiger partial charge on any atom is 0.229 e. The van der Waals surface area contributed by atoms with E-state index in [-0.39, 0.29) is 30.6 Å². The van der Waals surface area contributed by atoms with Gasteiger partial charge >= 0.3 is 0 Å². The van der Waals surface area contributed by atoms with Gasteiger partial charge in [-0.15, -0.1) is 12.4 Å². The van der Waals surface area contributed by atoms with E-state index in [0.29, 0.717) is 0 Å². The predicted octanol–water partition coefficient (Wildman–Crippen LogP) is 0.698. The van der Waals surface area contributed by atoms with E-state index in [9.17, 15) is 0 Å². The summed E-state index contributed by atoms with van der Waals surface area (Å²) in [6.45, 7) is 0.132. The van der Waals surface area contributed by atoms with Gasteiger partial charge in [0.25, 0.3) is 0 Å². The highest BCUT2D eigenvalue weighted by Crippen LogP contribution is 1.79. The molecular weight excluding hydrogens is 156 g/mol. The monoisotopic (exact) mass is 166 g/mol. The van der Waals surface area contributed by atoms with Gasteiger partial charge in [-0.3, -0.25) is 10.8 Å². The molecule has 0 heterocycles. The van der Waals surface area contributed by atoms with E-state index in [0.717, 1.165) is 0 Å². The van der Waals surface area contributed by atoms with E-state index in [1.807, 2.05) is 0 Å². The molecular formula is C5H11ClN2O2. The molecule has 0 radical (unpaired) electrons. The normalized spacial score (nSPS) is 7.80. The molecule has 0 aliphatic rings. The van der Waals surface area contributed by atoms with Crippen LogP contribution >= 0.6 is 12.4 Å². The minimum atomic E-state index is -0.142. The van der Waals surface area contributed by atoms with Crippen molar-refractivity contribution in [3.8, 4) is 0 Å². The number of rotatable bonds is 3. The zero-order chi connectivity index (χ0) is 7.28. The van der Waals surface area contributed by atoms with Crippen LogP contribution in [0.25, 0.3) is 0 Å². The van der Waals surface area contributed by atoms with E-state index in [2.05, 4.69) is 9.47 Å². The van der Waals surface area contributed by atoms with E-state index >= 15 is 0 Å². The lowest BCUT2D eigenvalue weighted by Crippen LogP contribution is -2.18. The van der Waals surface area contributed by atoms with Gasteiger partial charge < -0.3 is 9.47 Å². The summed E-state index contributed by atoms with van der Waals surface area (Å²) >= 11 is 0. The number of halogens is 1. The number of hydrogen-bond acceptors (Lipinski definition) is 4. The molecule has 0 aromatic heterocycles.